The molecule has 2 aromatic carbocycles. The molecule has 0 unspecified atom stereocenters. The quantitative estimate of drug-likeness (QED) is 0.746. The molecule has 0 bridgehead atoms. The summed E-state index contributed by atoms with van der Waals surface area (Å²) in [4.78, 5) is 4.30. The van der Waals surface area contributed by atoms with Crippen LogP contribution in [0.2, 0.25) is 0 Å². The molecule has 0 saturated heterocycles. The first kappa shape index (κ1) is 14.9. The van der Waals surface area contributed by atoms with Gasteiger partial charge in [0.15, 0.2) is 0 Å². The van der Waals surface area contributed by atoms with Crippen LogP contribution in [-0.2, 0) is 6.54 Å². The number of rotatable bonds is 5. The molecule has 0 saturated carbocycles. The fraction of sp³-hybridized carbons (Fsp3) is 0.105. The van der Waals surface area contributed by atoms with Crippen LogP contribution in [-0.4, -0.2) is 17.2 Å². The number of anilines is 1. The van der Waals surface area contributed by atoms with E-state index in [1.54, 1.807) is 25.4 Å². The van der Waals surface area contributed by atoms with Crippen molar-refractivity contribution < 1.29 is 9.84 Å². The van der Waals surface area contributed by atoms with Crippen LogP contribution < -0.4 is 10.1 Å². The SMILES string of the molecule is COc1ccccc1-c1cncc(NCc2cccc(O)c2)c1. The first-order valence-electron chi connectivity index (χ1n) is 7.36. The molecule has 0 spiro atoms. The zero-order valence-corrected chi connectivity index (χ0v) is 12.9. The average Bonchev–Trinajstić information content (AvgIpc) is 2.60. The van der Waals surface area contributed by atoms with Crippen molar-refractivity contribution in [2.24, 2.45) is 0 Å². The van der Waals surface area contributed by atoms with E-state index in [0.29, 0.717) is 6.54 Å². The highest BCUT2D eigenvalue weighted by Gasteiger charge is 2.06. The van der Waals surface area contributed by atoms with Gasteiger partial charge in [0.1, 0.15) is 11.5 Å². The van der Waals surface area contributed by atoms with Gasteiger partial charge < -0.3 is 15.2 Å². The van der Waals surface area contributed by atoms with Gasteiger partial charge in [-0.15, -0.1) is 0 Å². The van der Waals surface area contributed by atoms with Gasteiger partial charge in [0.25, 0.3) is 0 Å². The summed E-state index contributed by atoms with van der Waals surface area (Å²) in [6, 6.07) is 17.1. The standard InChI is InChI=1S/C19H18N2O2/c1-23-19-8-3-2-7-18(19)15-10-16(13-20-12-15)21-11-14-5-4-6-17(22)9-14/h2-10,12-13,21-22H,11H2,1H3. The number of benzene rings is 2. The maximum absolute atomic E-state index is 9.51. The molecule has 0 radical (unpaired) electrons. The van der Waals surface area contributed by atoms with Gasteiger partial charge in [0.05, 0.1) is 12.8 Å². The van der Waals surface area contributed by atoms with Crippen molar-refractivity contribution in [3.63, 3.8) is 0 Å². The van der Waals surface area contributed by atoms with E-state index in [1.165, 1.54) is 0 Å². The molecule has 3 aromatic rings. The van der Waals surface area contributed by atoms with E-state index in [0.717, 1.165) is 28.1 Å². The Morgan fingerprint density at radius 2 is 1.91 bits per heavy atom. The third kappa shape index (κ3) is 3.61. The van der Waals surface area contributed by atoms with Crippen LogP contribution in [0.25, 0.3) is 11.1 Å². The largest absolute Gasteiger partial charge is 0.508 e. The Hall–Kier alpha value is -3.01. The average molecular weight is 306 g/mol. The summed E-state index contributed by atoms with van der Waals surface area (Å²) in [5.41, 5.74) is 3.91. The van der Waals surface area contributed by atoms with Gasteiger partial charge in [-0.3, -0.25) is 4.98 Å². The predicted octanol–water partition coefficient (Wildman–Crippen LogP) is 4.07. The number of phenols is 1. The van der Waals surface area contributed by atoms with Crippen LogP contribution in [0.5, 0.6) is 11.5 Å². The lowest BCUT2D eigenvalue weighted by Gasteiger charge is -2.11. The first-order chi connectivity index (χ1) is 11.3. The van der Waals surface area contributed by atoms with E-state index < -0.39 is 0 Å². The zero-order valence-electron chi connectivity index (χ0n) is 12.9. The van der Waals surface area contributed by atoms with Crippen LogP contribution in [0.15, 0.2) is 67.0 Å². The Balaban J connectivity index is 1.80. The third-order valence-electron chi connectivity index (χ3n) is 3.56. The number of aromatic hydroxyl groups is 1. The predicted molar refractivity (Wildman–Crippen MR) is 91.7 cm³/mol. The Bertz CT molecular complexity index is 803. The van der Waals surface area contributed by atoms with Crippen LogP contribution >= 0.6 is 0 Å². The molecule has 0 aliphatic carbocycles. The Labute approximate surface area is 135 Å². The summed E-state index contributed by atoms with van der Waals surface area (Å²) in [6.45, 7) is 0.617. The topological polar surface area (TPSA) is 54.4 Å². The summed E-state index contributed by atoms with van der Waals surface area (Å²) in [5.74, 6) is 1.09. The lowest BCUT2D eigenvalue weighted by atomic mass is 10.1. The Morgan fingerprint density at radius 3 is 2.74 bits per heavy atom. The first-order valence-corrected chi connectivity index (χ1v) is 7.36. The molecule has 0 aliphatic rings. The molecular formula is C19H18N2O2. The van der Waals surface area contributed by atoms with Gasteiger partial charge >= 0.3 is 0 Å². The van der Waals surface area contributed by atoms with Crippen LogP contribution in [0, 0.1) is 0 Å². The summed E-state index contributed by atoms with van der Waals surface area (Å²) in [6.07, 6.45) is 3.60. The van der Waals surface area contributed by atoms with Gasteiger partial charge in [-0.1, -0.05) is 30.3 Å². The number of hydrogen-bond acceptors (Lipinski definition) is 4. The highest BCUT2D eigenvalue weighted by molar-refractivity contribution is 5.72. The number of phenolic OH excluding ortho intramolecular Hbond substituents is 1. The summed E-state index contributed by atoms with van der Waals surface area (Å²) < 4.78 is 5.41. The highest BCUT2D eigenvalue weighted by atomic mass is 16.5. The van der Waals surface area contributed by atoms with Crippen molar-refractivity contribution in [3.8, 4) is 22.6 Å². The Kier molecular flexibility index (Phi) is 4.43. The number of methoxy groups -OCH3 is 1. The summed E-state index contributed by atoms with van der Waals surface area (Å²) in [7, 11) is 1.66. The van der Waals surface area contributed by atoms with Crippen molar-refractivity contribution in [3.05, 3.63) is 72.6 Å². The molecule has 4 nitrogen and oxygen atoms in total. The number of pyridine rings is 1. The van der Waals surface area contributed by atoms with Crippen LogP contribution in [0.1, 0.15) is 5.56 Å². The van der Waals surface area contributed by atoms with Crippen LogP contribution in [0.3, 0.4) is 0 Å². The van der Waals surface area contributed by atoms with E-state index in [1.807, 2.05) is 48.7 Å². The molecule has 4 heteroatoms. The molecule has 0 atom stereocenters. The van der Waals surface area contributed by atoms with Gasteiger partial charge in [0, 0.05) is 30.1 Å². The van der Waals surface area contributed by atoms with Gasteiger partial charge in [-0.2, -0.15) is 0 Å². The number of ether oxygens (including phenoxy) is 1. The van der Waals surface area contributed by atoms with Crippen molar-refractivity contribution in [2.45, 2.75) is 6.54 Å². The second-order valence-corrected chi connectivity index (χ2v) is 5.19. The molecule has 1 aromatic heterocycles. The highest BCUT2D eigenvalue weighted by Crippen LogP contribution is 2.30. The maximum Gasteiger partial charge on any atom is 0.126 e. The van der Waals surface area contributed by atoms with Crippen molar-refractivity contribution >= 4 is 5.69 Å². The van der Waals surface area contributed by atoms with Crippen molar-refractivity contribution in [1.82, 2.24) is 4.98 Å². The van der Waals surface area contributed by atoms with E-state index in [9.17, 15) is 5.11 Å². The second kappa shape index (κ2) is 6.83. The maximum atomic E-state index is 9.51. The number of hydrogen-bond donors (Lipinski definition) is 2. The molecule has 23 heavy (non-hydrogen) atoms. The fourth-order valence-corrected chi connectivity index (χ4v) is 2.44. The number of nitrogens with zero attached hydrogens (tertiary/aromatic N) is 1. The lowest BCUT2D eigenvalue weighted by Crippen LogP contribution is -2.00. The van der Waals surface area contributed by atoms with Gasteiger partial charge in [-0.25, -0.2) is 0 Å². The molecule has 0 amide bonds. The zero-order chi connectivity index (χ0) is 16.1. The third-order valence-corrected chi connectivity index (χ3v) is 3.56. The van der Waals surface area contributed by atoms with E-state index in [-0.39, 0.29) is 5.75 Å². The molecule has 0 aliphatic heterocycles. The summed E-state index contributed by atoms with van der Waals surface area (Å²) >= 11 is 0. The van der Waals surface area contributed by atoms with Crippen LogP contribution in [0.4, 0.5) is 5.69 Å². The number of aromatic nitrogens is 1. The molecule has 116 valence electrons. The van der Waals surface area contributed by atoms with E-state index >= 15 is 0 Å². The fourth-order valence-electron chi connectivity index (χ4n) is 2.44. The van der Waals surface area contributed by atoms with E-state index in [4.69, 9.17) is 4.74 Å². The number of nitrogens with one attached hydrogen (secondary N) is 1. The molecule has 2 N–H and O–H groups in total. The van der Waals surface area contributed by atoms with Crippen molar-refractivity contribution in [1.29, 1.82) is 0 Å². The number of para-hydroxylation sites is 1. The minimum Gasteiger partial charge on any atom is -0.508 e. The smallest absolute Gasteiger partial charge is 0.126 e. The van der Waals surface area contributed by atoms with Gasteiger partial charge in [0.2, 0.25) is 0 Å². The van der Waals surface area contributed by atoms with Crippen molar-refractivity contribution in [2.75, 3.05) is 12.4 Å². The molecule has 1 heterocycles. The molecular weight excluding hydrogens is 288 g/mol. The Morgan fingerprint density at radius 1 is 1.04 bits per heavy atom. The van der Waals surface area contributed by atoms with E-state index in [2.05, 4.69) is 10.3 Å². The summed E-state index contributed by atoms with van der Waals surface area (Å²) in [5, 5.41) is 12.8. The lowest BCUT2D eigenvalue weighted by molar-refractivity contribution is 0.416. The minimum atomic E-state index is 0.269. The molecule has 3 rings (SSSR count). The monoisotopic (exact) mass is 306 g/mol. The van der Waals surface area contributed by atoms with Gasteiger partial charge in [-0.05, 0) is 29.8 Å². The molecule has 0 fully saturated rings. The minimum absolute atomic E-state index is 0.269. The normalized spacial score (nSPS) is 10.3. The second-order valence-electron chi connectivity index (χ2n) is 5.19.